The lowest BCUT2D eigenvalue weighted by Crippen LogP contribution is -2.33. The van der Waals surface area contributed by atoms with E-state index in [2.05, 4.69) is 127 Å². The Kier molecular flexibility index (Phi) is 9.92. The van der Waals surface area contributed by atoms with Crippen LogP contribution in [0.5, 0.6) is 0 Å². The van der Waals surface area contributed by atoms with Gasteiger partial charge in [-0.1, -0.05) is 218 Å². The monoisotopic (exact) mass is 770 g/mol. The summed E-state index contributed by atoms with van der Waals surface area (Å²) in [7, 11) is 0. The minimum absolute atomic E-state index is 0.254. The molecule has 0 radical (unpaired) electrons. The van der Waals surface area contributed by atoms with Gasteiger partial charge in [0.15, 0.2) is 23.3 Å². The molecule has 1 N–H and O–H groups in total. The molecule has 2 heterocycles. The molecule has 0 saturated carbocycles. The molecule has 0 fully saturated rings. The molecule has 0 saturated heterocycles. The zero-order valence-electron chi connectivity index (χ0n) is 32.6. The molecule has 8 aromatic carbocycles. The Morgan fingerprint density at radius 1 is 0.300 bits per heavy atom. The number of benzene rings is 8. The van der Waals surface area contributed by atoms with Gasteiger partial charge in [-0.25, -0.2) is 24.9 Å². The molecule has 0 spiro atoms. The van der Waals surface area contributed by atoms with E-state index in [9.17, 15) is 0 Å². The molecule has 1 aromatic heterocycles. The summed E-state index contributed by atoms with van der Waals surface area (Å²) in [6, 6.07) is 75.0. The summed E-state index contributed by atoms with van der Waals surface area (Å²) < 4.78 is 0. The molecule has 284 valence electrons. The zero-order valence-corrected chi connectivity index (χ0v) is 32.6. The van der Waals surface area contributed by atoms with Crippen LogP contribution in [0, 0.1) is 0 Å². The predicted molar refractivity (Wildman–Crippen MR) is 244 cm³/mol. The van der Waals surface area contributed by atoms with Crippen molar-refractivity contribution in [3.05, 3.63) is 235 Å². The van der Waals surface area contributed by atoms with Crippen molar-refractivity contribution in [3.63, 3.8) is 0 Å². The van der Waals surface area contributed by atoms with Crippen molar-refractivity contribution < 1.29 is 0 Å². The summed E-state index contributed by atoms with van der Waals surface area (Å²) in [6.07, 6.45) is -0.254. The minimum atomic E-state index is -0.254. The average molecular weight is 771 g/mol. The van der Waals surface area contributed by atoms with Crippen molar-refractivity contribution in [1.82, 2.24) is 20.3 Å². The van der Waals surface area contributed by atoms with E-state index in [1.54, 1.807) is 0 Å². The minimum Gasteiger partial charge on any atom is -0.344 e. The van der Waals surface area contributed by atoms with Crippen LogP contribution in [0.1, 0.15) is 22.9 Å². The van der Waals surface area contributed by atoms with Gasteiger partial charge in [0.05, 0.1) is 0 Å². The third kappa shape index (κ3) is 7.53. The van der Waals surface area contributed by atoms with Gasteiger partial charge in [0, 0.05) is 27.8 Å². The smallest absolute Gasteiger partial charge is 0.164 e. The fourth-order valence-corrected chi connectivity index (χ4v) is 7.60. The first kappa shape index (κ1) is 36.3. The van der Waals surface area contributed by atoms with Crippen molar-refractivity contribution in [2.24, 2.45) is 9.98 Å². The maximum absolute atomic E-state index is 5.02. The first-order chi connectivity index (χ1) is 29.7. The molecule has 6 nitrogen and oxygen atoms in total. The van der Waals surface area contributed by atoms with Crippen LogP contribution in [0.2, 0.25) is 0 Å². The number of nitrogens with one attached hydrogen (secondary N) is 1. The summed E-state index contributed by atoms with van der Waals surface area (Å²) in [4.78, 5) is 24.8. The lowest BCUT2D eigenvalue weighted by Gasteiger charge is -2.23. The van der Waals surface area contributed by atoms with E-state index in [1.807, 2.05) is 97.1 Å². The van der Waals surface area contributed by atoms with E-state index in [0.717, 1.165) is 72.6 Å². The summed E-state index contributed by atoms with van der Waals surface area (Å²) in [5.74, 6) is 3.41. The van der Waals surface area contributed by atoms with Gasteiger partial charge >= 0.3 is 0 Å². The third-order valence-corrected chi connectivity index (χ3v) is 10.7. The Balaban J connectivity index is 0.967. The Morgan fingerprint density at radius 2 is 0.650 bits per heavy atom. The second-order valence-corrected chi connectivity index (χ2v) is 14.5. The Bertz CT molecular complexity index is 2910. The Hall–Kier alpha value is -8.09. The van der Waals surface area contributed by atoms with Crippen LogP contribution >= 0.6 is 0 Å². The second kappa shape index (κ2) is 16.4. The maximum atomic E-state index is 5.02. The number of hydrogen-bond acceptors (Lipinski definition) is 6. The van der Waals surface area contributed by atoms with Gasteiger partial charge in [0.1, 0.15) is 12.0 Å². The van der Waals surface area contributed by atoms with Crippen LogP contribution in [-0.2, 0) is 0 Å². The molecule has 1 atom stereocenters. The zero-order chi connectivity index (χ0) is 40.1. The molecule has 6 heteroatoms. The number of aliphatic imine (C=N–C) groups is 2. The highest BCUT2D eigenvalue weighted by atomic mass is 15.2. The number of rotatable bonds is 9. The first-order valence-corrected chi connectivity index (χ1v) is 20.0. The van der Waals surface area contributed by atoms with Crippen molar-refractivity contribution in [3.8, 4) is 67.5 Å². The van der Waals surface area contributed by atoms with Crippen LogP contribution in [0.3, 0.4) is 0 Å². The van der Waals surface area contributed by atoms with E-state index in [0.29, 0.717) is 23.3 Å². The standard InChI is InChI=1S/C54H38N6/c1-5-17-39(18-6-1)49-55-50(40-19-7-2-8-20-40)58-53(57-49)43-33-29-37(30-34-43)45-25-13-15-27-47(45)48-28-16-14-26-46(48)38-31-35-44(36-32-38)54-59-51(41-21-9-3-10-22-41)56-52(60-54)42-23-11-4-12-24-42/h1-36,49H,(H,55,57,58). The highest BCUT2D eigenvalue weighted by Gasteiger charge is 2.21. The van der Waals surface area contributed by atoms with E-state index >= 15 is 0 Å². The van der Waals surface area contributed by atoms with Crippen LogP contribution < -0.4 is 5.32 Å². The highest BCUT2D eigenvalue weighted by Crippen LogP contribution is 2.39. The molecule has 60 heavy (non-hydrogen) atoms. The molecule has 0 amide bonds. The summed E-state index contributed by atoms with van der Waals surface area (Å²) in [5, 5.41) is 3.59. The van der Waals surface area contributed by atoms with E-state index < -0.39 is 0 Å². The van der Waals surface area contributed by atoms with Gasteiger partial charge in [-0.3, -0.25) is 0 Å². The normalized spacial score (nSPS) is 13.5. The quantitative estimate of drug-likeness (QED) is 0.159. The van der Waals surface area contributed by atoms with Crippen LogP contribution in [0.4, 0.5) is 0 Å². The predicted octanol–water partition coefficient (Wildman–Crippen LogP) is 12.4. The average Bonchev–Trinajstić information content (AvgIpc) is 3.35. The first-order valence-electron chi connectivity index (χ1n) is 20.0. The maximum Gasteiger partial charge on any atom is 0.164 e. The molecular weight excluding hydrogens is 733 g/mol. The van der Waals surface area contributed by atoms with Gasteiger partial charge in [-0.05, 0) is 38.9 Å². The molecule has 1 unspecified atom stereocenters. The van der Waals surface area contributed by atoms with Crippen LogP contribution in [0.15, 0.2) is 228 Å². The van der Waals surface area contributed by atoms with Crippen molar-refractivity contribution in [1.29, 1.82) is 0 Å². The number of aromatic nitrogens is 3. The SMILES string of the molecule is c1ccc(C2=NC(c3ccccc3)NC(c3ccc(-c4ccccc4-c4ccccc4-c4ccc(-c5nc(-c6ccccc6)nc(-c6ccccc6)n5)cc4)cc3)=N2)cc1. The van der Waals surface area contributed by atoms with E-state index in [-0.39, 0.29) is 6.17 Å². The fourth-order valence-electron chi connectivity index (χ4n) is 7.60. The molecule has 0 bridgehead atoms. The van der Waals surface area contributed by atoms with Crippen molar-refractivity contribution >= 4 is 11.7 Å². The Labute approximate surface area is 349 Å². The van der Waals surface area contributed by atoms with Gasteiger partial charge in [0.2, 0.25) is 0 Å². The molecule has 0 aliphatic carbocycles. The lowest BCUT2D eigenvalue weighted by molar-refractivity contribution is 0.674. The van der Waals surface area contributed by atoms with Crippen molar-refractivity contribution in [2.75, 3.05) is 0 Å². The third-order valence-electron chi connectivity index (χ3n) is 10.7. The van der Waals surface area contributed by atoms with E-state index in [1.165, 1.54) is 0 Å². The number of nitrogens with zero attached hydrogens (tertiary/aromatic N) is 5. The van der Waals surface area contributed by atoms with Gasteiger partial charge in [0.25, 0.3) is 0 Å². The van der Waals surface area contributed by atoms with Gasteiger partial charge in [-0.2, -0.15) is 0 Å². The van der Waals surface area contributed by atoms with E-state index in [4.69, 9.17) is 24.9 Å². The molecule has 1 aliphatic rings. The second-order valence-electron chi connectivity index (χ2n) is 14.5. The van der Waals surface area contributed by atoms with Crippen LogP contribution in [0.25, 0.3) is 67.5 Å². The molecule has 10 rings (SSSR count). The van der Waals surface area contributed by atoms with Gasteiger partial charge < -0.3 is 5.32 Å². The summed E-state index contributed by atoms with van der Waals surface area (Å²) in [6.45, 7) is 0. The summed E-state index contributed by atoms with van der Waals surface area (Å²) in [5.41, 5.74) is 12.7. The number of amidine groups is 2. The molecule has 1 aliphatic heterocycles. The largest absolute Gasteiger partial charge is 0.344 e. The molecular formula is C54H38N6. The lowest BCUT2D eigenvalue weighted by atomic mass is 9.89. The number of hydrogen-bond donors (Lipinski definition) is 1. The Morgan fingerprint density at radius 3 is 1.12 bits per heavy atom. The summed E-state index contributed by atoms with van der Waals surface area (Å²) >= 11 is 0. The fraction of sp³-hybridized carbons (Fsp3) is 0.0185. The molecule has 9 aromatic rings. The van der Waals surface area contributed by atoms with Gasteiger partial charge in [-0.15, -0.1) is 0 Å². The van der Waals surface area contributed by atoms with Crippen molar-refractivity contribution in [2.45, 2.75) is 6.17 Å². The van der Waals surface area contributed by atoms with Crippen LogP contribution in [-0.4, -0.2) is 26.6 Å². The topological polar surface area (TPSA) is 75.4 Å². The highest BCUT2D eigenvalue weighted by molar-refractivity contribution is 6.13.